The highest BCUT2D eigenvalue weighted by atomic mass is 16.5. The number of amides is 2. The van der Waals surface area contributed by atoms with E-state index in [9.17, 15) is 14.7 Å². The fourth-order valence-electron chi connectivity index (χ4n) is 1.74. The zero-order valence-corrected chi connectivity index (χ0v) is 12.3. The standard InChI is InChI=1S/C14H20N2O5/c1-9-4-5-11(21-3)10(6-9)16-13(19)15-8-14(2,20)7-12(17)18/h4-6,20H,7-8H2,1-3H3,(H,17,18)(H2,15,16,19). The number of carbonyl (C=O) groups excluding carboxylic acids is 1. The summed E-state index contributed by atoms with van der Waals surface area (Å²) in [6.45, 7) is 3.04. The molecule has 1 aromatic carbocycles. The van der Waals surface area contributed by atoms with Crippen molar-refractivity contribution < 1.29 is 24.5 Å². The van der Waals surface area contributed by atoms with E-state index < -0.39 is 24.0 Å². The van der Waals surface area contributed by atoms with E-state index in [-0.39, 0.29) is 6.54 Å². The summed E-state index contributed by atoms with van der Waals surface area (Å²) in [5.74, 6) is -0.629. The summed E-state index contributed by atoms with van der Waals surface area (Å²) in [6.07, 6.45) is -0.457. The Labute approximate surface area is 122 Å². The van der Waals surface area contributed by atoms with Crippen LogP contribution in [-0.2, 0) is 4.79 Å². The number of hydrogen-bond donors (Lipinski definition) is 4. The monoisotopic (exact) mass is 296 g/mol. The number of carbonyl (C=O) groups is 2. The van der Waals surface area contributed by atoms with E-state index >= 15 is 0 Å². The maximum absolute atomic E-state index is 11.8. The summed E-state index contributed by atoms with van der Waals surface area (Å²) >= 11 is 0. The Kier molecular flexibility index (Phi) is 5.54. The van der Waals surface area contributed by atoms with E-state index in [1.165, 1.54) is 14.0 Å². The van der Waals surface area contributed by atoms with Crippen molar-refractivity contribution in [1.82, 2.24) is 5.32 Å². The Morgan fingerprint density at radius 1 is 1.38 bits per heavy atom. The third-order valence-electron chi connectivity index (χ3n) is 2.77. The highest BCUT2D eigenvalue weighted by Gasteiger charge is 2.24. The van der Waals surface area contributed by atoms with Crippen LogP contribution in [0.15, 0.2) is 18.2 Å². The second-order valence-electron chi connectivity index (χ2n) is 5.08. The minimum absolute atomic E-state index is 0.181. The Hall–Kier alpha value is -2.28. The first-order valence-electron chi connectivity index (χ1n) is 6.37. The molecule has 7 nitrogen and oxygen atoms in total. The summed E-state index contributed by atoms with van der Waals surface area (Å²) in [5, 5.41) is 23.5. The zero-order chi connectivity index (χ0) is 16.0. The number of nitrogens with one attached hydrogen (secondary N) is 2. The number of urea groups is 1. The molecule has 0 aliphatic carbocycles. The lowest BCUT2D eigenvalue weighted by Gasteiger charge is -2.21. The van der Waals surface area contributed by atoms with Crippen LogP contribution in [0.2, 0.25) is 0 Å². The summed E-state index contributed by atoms with van der Waals surface area (Å²) in [5.41, 5.74) is -0.0725. The lowest BCUT2D eigenvalue weighted by atomic mass is 10.0. The van der Waals surface area contributed by atoms with Crippen molar-refractivity contribution in [3.63, 3.8) is 0 Å². The predicted molar refractivity (Wildman–Crippen MR) is 77.6 cm³/mol. The molecule has 1 unspecified atom stereocenters. The quantitative estimate of drug-likeness (QED) is 0.634. The lowest BCUT2D eigenvalue weighted by molar-refractivity contribution is -0.141. The van der Waals surface area contributed by atoms with Gasteiger partial charge in [-0.2, -0.15) is 0 Å². The van der Waals surface area contributed by atoms with Gasteiger partial charge in [-0.05, 0) is 31.5 Å². The molecule has 116 valence electrons. The number of aliphatic carboxylic acids is 1. The van der Waals surface area contributed by atoms with Gasteiger partial charge in [-0.1, -0.05) is 6.07 Å². The van der Waals surface area contributed by atoms with E-state index in [2.05, 4.69) is 10.6 Å². The molecule has 0 heterocycles. The van der Waals surface area contributed by atoms with Crippen molar-refractivity contribution in [2.24, 2.45) is 0 Å². The first-order chi connectivity index (χ1) is 9.73. The largest absolute Gasteiger partial charge is 0.495 e. The number of aryl methyl sites for hydroxylation is 1. The van der Waals surface area contributed by atoms with Crippen LogP contribution >= 0.6 is 0 Å². The van der Waals surface area contributed by atoms with Crippen LogP contribution in [0.4, 0.5) is 10.5 Å². The van der Waals surface area contributed by atoms with Crippen LogP contribution < -0.4 is 15.4 Å². The fraction of sp³-hybridized carbons (Fsp3) is 0.429. The molecule has 0 saturated heterocycles. The first-order valence-corrected chi connectivity index (χ1v) is 6.37. The van der Waals surface area contributed by atoms with Gasteiger partial charge in [0.1, 0.15) is 5.75 Å². The minimum Gasteiger partial charge on any atom is -0.495 e. The lowest BCUT2D eigenvalue weighted by Crippen LogP contribution is -2.43. The number of carboxylic acid groups (broad SMARTS) is 1. The number of carboxylic acids is 1. The number of ether oxygens (including phenoxy) is 1. The molecule has 2 amide bonds. The Morgan fingerprint density at radius 3 is 2.62 bits per heavy atom. The molecule has 7 heteroatoms. The van der Waals surface area contributed by atoms with Gasteiger partial charge in [0.05, 0.1) is 24.8 Å². The molecule has 0 saturated carbocycles. The van der Waals surface area contributed by atoms with Crippen LogP contribution in [0, 0.1) is 6.92 Å². The molecule has 21 heavy (non-hydrogen) atoms. The topological polar surface area (TPSA) is 108 Å². The van der Waals surface area contributed by atoms with Crippen molar-refractivity contribution in [2.75, 3.05) is 19.0 Å². The summed E-state index contributed by atoms with van der Waals surface area (Å²) < 4.78 is 5.13. The van der Waals surface area contributed by atoms with E-state index in [1.807, 2.05) is 13.0 Å². The Morgan fingerprint density at radius 2 is 2.05 bits per heavy atom. The van der Waals surface area contributed by atoms with Gasteiger partial charge in [0.2, 0.25) is 0 Å². The summed E-state index contributed by atoms with van der Waals surface area (Å²) in [4.78, 5) is 22.4. The molecular weight excluding hydrogens is 276 g/mol. The van der Waals surface area contributed by atoms with Crippen molar-refractivity contribution in [3.8, 4) is 5.75 Å². The molecule has 0 aromatic heterocycles. The van der Waals surface area contributed by atoms with Crippen molar-refractivity contribution in [3.05, 3.63) is 23.8 Å². The average molecular weight is 296 g/mol. The number of aliphatic hydroxyl groups is 1. The third kappa shape index (κ3) is 5.70. The highest BCUT2D eigenvalue weighted by Crippen LogP contribution is 2.24. The second kappa shape index (κ2) is 6.94. The molecule has 1 aromatic rings. The highest BCUT2D eigenvalue weighted by molar-refractivity contribution is 5.91. The molecule has 1 atom stereocenters. The molecule has 4 N–H and O–H groups in total. The number of anilines is 1. The first kappa shape index (κ1) is 16.8. The number of benzene rings is 1. The van der Waals surface area contributed by atoms with Crippen LogP contribution in [0.5, 0.6) is 5.75 Å². The van der Waals surface area contributed by atoms with Crippen LogP contribution in [-0.4, -0.2) is 41.5 Å². The minimum atomic E-state index is -1.51. The fourth-order valence-corrected chi connectivity index (χ4v) is 1.74. The van der Waals surface area contributed by atoms with Crippen LogP contribution in [0.25, 0.3) is 0 Å². The van der Waals surface area contributed by atoms with E-state index in [1.54, 1.807) is 12.1 Å². The van der Waals surface area contributed by atoms with Gasteiger partial charge in [0.15, 0.2) is 0 Å². The molecule has 0 radical (unpaired) electrons. The number of methoxy groups -OCH3 is 1. The van der Waals surface area contributed by atoms with Gasteiger partial charge in [0, 0.05) is 6.54 Å². The van der Waals surface area contributed by atoms with E-state index in [4.69, 9.17) is 9.84 Å². The third-order valence-corrected chi connectivity index (χ3v) is 2.77. The smallest absolute Gasteiger partial charge is 0.319 e. The van der Waals surface area contributed by atoms with Gasteiger partial charge in [-0.25, -0.2) is 4.79 Å². The second-order valence-corrected chi connectivity index (χ2v) is 5.08. The summed E-state index contributed by atoms with van der Waals surface area (Å²) in [7, 11) is 1.49. The van der Waals surface area contributed by atoms with Gasteiger partial charge < -0.3 is 25.6 Å². The van der Waals surface area contributed by atoms with Crippen LogP contribution in [0.1, 0.15) is 18.9 Å². The average Bonchev–Trinajstić information content (AvgIpc) is 2.35. The van der Waals surface area contributed by atoms with E-state index in [0.29, 0.717) is 11.4 Å². The zero-order valence-electron chi connectivity index (χ0n) is 12.3. The van der Waals surface area contributed by atoms with Gasteiger partial charge in [-0.15, -0.1) is 0 Å². The maximum atomic E-state index is 11.8. The van der Waals surface area contributed by atoms with Gasteiger partial charge in [-0.3, -0.25) is 4.79 Å². The Bertz CT molecular complexity index is 528. The molecular formula is C14H20N2O5. The van der Waals surface area contributed by atoms with Crippen molar-refractivity contribution >= 4 is 17.7 Å². The van der Waals surface area contributed by atoms with Crippen molar-refractivity contribution in [2.45, 2.75) is 25.9 Å². The summed E-state index contributed by atoms with van der Waals surface area (Å²) in [6, 6.07) is 4.77. The molecule has 0 bridgehead atoms. The number of hydrogen-bond acceptors (Lipinski definition) is 4. The van der Waals surface area contributed by atoms with E-state index in [0.717, 1.165) is 5.56 Å². The van der Waals surface area contributed by atoms with Gasteiger partial charge >= 0.3 is 12.0 Å². The van der Waals surface area contributed by atoms with Crippen LogP contribution in [0.3, 0.4) is 0 Å². The molecule has 0 fully saturated rings. The van der Waals surface area contributed by atoms with Gasteiger partial charge in [0.25, 0.3) is 0 Å². The normalized spacial score (nSPS) is 13.1. The molecule has 0 spiro atoms. The SMILES string of the molecule is COc1ccc(C)cc1NC(=O)NCC(C)(O)CC(=O)O. The molecule has 1 rings (SSSR count). The maximum Gasteiger partial charge on any atom is 0.319 e. The Balaban J connectivity index is 2.62. The number of rotatable bonds is 6. The predicted octanol–water partition coefficient (Wildman–Crippen LogP) is 1.35. The van der Waals surface area contributed by atoms with Crippen molar-refractivity contribution in [1.29, 1.82) is 0 Å². The molecule has 0 aliphatic heterocycles. The molecule has 0 aliphatic rings.